The lowest BCUT2D eigenvalue weighted by atomic mass is 10.1. The molecule has 0 unspecified atom stereocenters. The second kappa shape index (κ2) is 14.1. The van der Waals surface area contributed by atoms with Crippen LogP contribution in [0.4, 0.5) is 0 Å². The molecule has 1 amide bonds. The fourth-order valence-electron chi connectivity index (χ4n) is 5.27. The fraction of sp³-hybridized carbons (Fsp3) is 0.375. The van der Waals surface area contributed by atoms with E-state index in [4.69, 9.17) is 28.4 Å². The van der Waals surface area contributed by atoms with Gasteiger partial charge >= 0.3 is 5.97 Å². The Kier molecular flexibility index (Phi) is 10.0. The molecular formula is C32H35N3O11. The van der Waals surface area contributed by atoms with Gasteiger partial charge in [0.2, 0.25) is 0 Å². The summed E-state index contributed by atoms with van der Waals surface area (Å²) in [7, 11) is 6.38. The Morgan fingerprint density at radius 1 is 0.739 bits per heavy atom. The van der Waals surface area contributed by atoms with Crippen molar-refractivity contribution in [3.63, 3.8) is 0 Å². The zero-order valence-electron chi connectivity index (χ0n) is 25.9. The van der Waals surface area contributed by atoms with Crippen molar-refractivity contribution in [1.29, 1.82) is 0 Å². The molecule has 2 fully saturated rings. The van der Waals surface area contributed by atoms with Gasteiger partial charge in [-0.05, 0) is 24.3 Å². The molecule has 46 heavy (non-hydrogen) atoms. The normalized spacial score (nSPS) is 15.1. The van der Waals surface area contributed by atoms with Gasteiger partial charge in [0.1, 0.15) is 11.5 Å². The van der Waals surface area contributed by atoms with Crippen molar-refractivity contribution in [3.8, 4) is 11.5 Å². The van der Waals surface area contributed by atoms with E-state index in [1.807, 2.05) is 0 Å². The standard InChI is InChI=1S/C17H20N2O5.C15H15NO6/c1-18(2)17(21)13-9-15(20)19(10-16-23-6-7-24-16)14-8-11(22-3)4-5-12(13)14;1-20-9-2-3-10-11(15(18)19)7-13(17)16(12(10)6-9)8-14-21-4-5-22-14/h4-5,8-9,16H,6-7,10H2,1-3H3;2-3,6-7,14H,4-5,8H2,1H3,(H,18,19). The molecule has 0 atom stereocenters. The SMILES string of the molecule is COc1ccc2c(C(=O)N(C)C)cc(=O)n(CC3OCCO3)c2c1.COc1ccc2c(C(=O)O)cc(=O)n(CC3OCCO3)c2c1. The number of hydrogen-bond donors (Lipinski definition) is 1. The molecule has 14 heteroatoms. The molecule has 0 saturated carbocycles. The van der Waals surface area contributed by atoms with Crippen molar-refractivity contribution in [2.75, 3.05) is 54.7 Å². The van der Waals surface area contributed by atoms with Crippen molar-refractivity contribution in [2.45, 2.75) is 25.7 Å². The van der Waals surface area contributed by atoms with E-state index in [1.54, 1.807) is 62.2 Å². The minimum absolute atomic E-state index is 0.0350. The minimum atomic E-state index is -1.15. The molecule has 244 valence electrons. The van der Waals surface area contributed by atoms with E-state index in [-0.39, 0.29) is 30.1 Å². The zero-order chi connectivity index (χ0) is 33.0. The lowest BCUT2D eigenvalue weighted by Crippen LogP contribution is -2.30. The van der Waals surface area contributed by atoms with Crippen LogP contribution in [-0.4, -0.2) is 98.3 Å². The van der Waals surface area contributed by atoms with Crippen molar-refractivity contribution in [1.82, 2.24) is 14.0 Å². The summed E-state index contributed by atoms with van der Waals surface area (Å²) < 4.78 is 35.0. The summed E-state index contributed by atoms with van der Waals surface area (Å²) in [5, 5.41) is 10.4. The van der Waals surface area contributed by atoms with E-state index in [1.165, 1.54) is 22.6 Å². The average molecular weight is 638 g/mol. The summed E-state index contributed by atoms with van der Waals surface area (Å²) in [5.41, 5.74) is 0.728. The topological polar surface area (TPSA) is 157 Å². The maximum atomic E-state index is 12.6. The number of pyridine rings is 2. The number of aromatic carboxylic acids is 1. The Morgan fingerprint density at radius 2 is 1.15 bits per heavy atom. The summed E-state index contributed by atoms with van der Waals surface area (Å²) in [5.74, 6) is -0.217. The molecule has 0 radical (unpaired) electrons. The maximum Gasteiger partial charge on any atom is 0.336 e. The van der Waals surface area contributed by atoms with Crippen molar-refractivity contribution in [2.24, 2.45) is 0 Å². The molecule has 4 aromatic rings. The molecule has 2 saturated heterocycles. The summed E-state index contributed by atoms with van der Waals surface area (Å²) in [6.07, 6.45) is -0.977. The molecule has 0 aliphatic carbocycles. The lowest BCUT2D eigenvalue weighted by Gasteiger charge is -2.18. The molecule has 2 aromatic heterocycles. The summed E-state index contributed by atoms with van der Waals surface area (Å²) in [6, 6.07) is 12.7. The molecule has 14 nitrogen and oxygen atoms in total. The van der Waals surface area contributed by atoms with Crippen LogP contribution in [-0.2, 0) is 32.0 Å². The number of methoxy groups -OCH3 is 2. The van der Waals surface area contributed by atoms with Crippen LogP contribution in [0, 0.1) is 0 Å². The number of benzene rings is 2. The number of ether oxygens (including phenoxy) is 6. The van der Waals surface area contributed by atoms with Gasteiger partial charge in [-0.25, -0.2) is 4.79 Å². The number of carbonyl (C=O) groups excluding carboxylic acids is 1. The highest BCUT2D eigenvalue weighted by atomic mass is 16.7. The maximum absolute atomic E-state index is 12.6. The highest BCUT2D eigenvalue weighted by molar-refractivity contribution is 6.06. The first kappa shape index (κ1) is 32.6. The van der Waals surface area contributed by atoms with Gasteiger partial charge < -0.3 is 47.6 Å². The summed E-state index contributed by atoms with van der Waals surface area (Å²) in [4.78, 5) is 50.1. The number of carboxylic acids is 1. The van der Waals surface area contributed by atoms with Crippen LogP contribution in [0.5, 0.6) is 11.5 Å². The predicted octanol–water partition coefficient (Wildman–Crippen LogP) is 2.17. The third kappa shape index (κ3) is 6.89. The van der Waals surface area contributed by atoms with E-state index in [2.05, 4.69) is 0 Å². The molecular weight excluding hydrogens is 602 g/mol. The van der Waals surface area contributed by atoms with Gasteiger partial charge in [-0.1, -0.05) is 0 Å². The highest BCUT2D eigenvalue weighted by Gasteiger charge is 2.23. The van der Waals surface area contributed by atoms with Gasteiger partial charge in [0, 0.05) is 49.1 Å². The second-order valence-electron chi connectivity index (χ2n) is 10.6. The molecule has 0 spiro atoms. The Morgan fingerprint density at radius 3 is 1.54 bits per heavy atom. The number of fused-ring (bicyclic) bond motifs is 2. The average Bonchev–Trinajstić information content (AvgIpc) is 3.77. The van der Waals surface area contributed by atoms with Crippen LogP contribution < -0.4 is 20.6 Å². The largest absolute Gasteiger partial charge is 0.497 e. The second-order valence-corrected chi connectivity index (χ2v) is 10.6. The number of carboxylic acid groups (broad SMARTS) is 1. The quantitative estimate of drug-likeness (QED) is 0.302. The van der Waals surface area contributed by atoms with Crippen molar-refractivity contribution in [3.05, 3.63) is 80.4 Å². The third-order valence-electron chi connectivity index (χ3n) is 7.55. The monoisotopic (exact) mass is 637 g/mol. The van der Waals surface area contributed by atoms with E-state index in [0.29, 0.717) is 65.3 Å². The Bertz CT molecular complexity index is 1870. The number of aromatic nitrogens is 2. The van der Waals surface area contributed by atoms with Crippen LogP contribution in [0.3, 0.4) is 0 Å². The molecule has 2 aromatic carbocycles. The summed E-state index contributed by atoms with van der Waals surface area (Å²) in [6.45, 7) is 2.44. The van der Waals surface area contributed by atoms with E-state index in [9.17, 15) is 24.3 Å². The van der Waals surface area contributed by atoms with Gasteiger partial charge in [-0.15, -0.1) is 0 Å². The third-order valence-corrected chi connectivity index (χ3v) is 7.55. The molecule has 4 heterocycles. The van der Waals surface area contributed by atoms with Crippen LogP contribution in [0.1, 0.15) is 20.7 Å². The lowest BCUT2D eigenvalue weighted by molar-refractivity contribution is -0.0525. The summed E-state index contributed by atoms with van der Waals surface area (Å²) >= 11 is 0. The fourth-order valence-corrected chi connectivity index (χ4v) is 5.27. The van der Waals surface area contributed by atoms with Gasteiger partial charge in [0.05, 0.1) is 75.9 Å². The van der Waals surface area contributed by atoms with Crippen molar-refractivity contribution >= 4 is 33.7 Å². The Balaban J connectivity index is 0.000000182. The minimum Gasteiger partial charge on any atom is -0.497 e. The van der Waals surface area contributed by atoms with Gasteiger partial charge in [-0.3, -0.25) is 14.4 Å². The van der Waals surface area contributed by atoms with Gasteiger partial charge in [0.25, 0.3) is 17.0 Å². The van der Waals surface area contributed by atoms with E-state index >= 15 is 0 Å². The molecule has 2 aliphatic rings. The molecule has 0 bridgehead atoms. The van der Waals surface area contributed by atoms with E-state index < -0.39 is 24.1 Å². The molecule has 2 aliphatic heterocycles. The van der Waals surface area contributed by atoms with E-state index in [0.717, 1.165) is 6.07 Å². The van der Waals surface area contributed by atoms with Crippen LogP contribution in [0.2, 0.25) is 0 Å². The first-order valence-corrected chi connectivity index (χ1v) is 14.5. The number of rotatable bonds is 8. The first-order chi connectivity index (χ1) is 22.1. The van der Waals surface area contributed by atoms with Crippen LogP contribution in [0.25, 0.3) is 21.8 Å². The van der Waals surface area contributed by atoms with Crippen LogP contribution >= 0.6 is 0 Å². The van der Waals surface area contributed by atoms with Gasteiger partial charge in [-0.2, -0.15) is 0 Å². The number of nitrogens with zero attached hydrogens (tertiary/aromatic N) is 3. The zero-order valence-corrected chi connectivity index (χ0v) is 25.9. The number of carbonyl (C=O) groups is 2. The molecule has 6 rings (SSSR count). The first-order valence-electron chi connectivity index (χ1n) is 14.5. The number of amides is 1. The molecule has 1 N–H and O–H groups in total. The van der Waals surface area contributed by atoms with Gasteiger partial charge in [0.15, 0.2) is 12.6 Å². The van der Waals surface area contributed by atoms with Crippen molar-refractivity contribution < 1.29 is 43.1 Å². The Hall–Kier alpha value is -4.76. The predicted molar refractivity (Wildman–Crippen MR) is 166 cm³/mol. The van der Waals surface area contributed by atoms with Crippen LogP contribution in [0.15, 0.2) is 58.1 Å². The number of hydrogen-bond acceptors (Lipinski definition) is 10. The highest BCUT2D eigenvalue weighted by Crippen LogP contribution is 2.25. The smallest absolute Gasteiger partial charge is 0.336 e. The Labute approximate surface area is 263 Å².